The number of nitrogens with zero attached hydrogens (tertiary/aromatic N) is 3. The Bertz CT molecular complexity index is 784. The van der Waals surface area contributed by atoms with Crippen LogP contribution in [0.1, 0.15) is 61.3 Å². The first-order valence-corrected chi connectivity index (χ1v) is 9.67. The van der Waals surface area contributed by atoms with Crippen molar-refractivity contribution in [1.82, 2.24) is 20.0 Å². The topological polar surface area (TPSA) is 69.3 Å². The van der Waals surface area contributed by atoms with Crippen molar-refractivity contribution in [3.05, 3.63) is 53.3 Å². The molecule has 1 aliphatic rings. The number of hydrogen-bond acceptors (Lipinski definition) is 3. The van der Waals surface area contributed by atoms with Gasteiger partial charge >= 0.3 is 0 Å². The molecule has 6 nitrogen and oxygen atoms in total. The second kappa shape index (κ2) is 8.37. The Labute approximate surface area is 160 Å². The van der Waals surface area contributed by atoms with Gasteiger partial charge in [0.2, 0.25) is 5.91 Å². The molecule has 1 atom stereocenters. The minimum Gasteiger partial charge on any atom is -0.335 e. The molecule has 1 N–H and O–H groups in total. The van der Waals surface area contributed by atoms with E-state index in [1.165, 1.54) is 0 Å². The van der Waals surface area contributed by atoms with Gasteiger partial charge in [0.05, 0.1) is 0 Å². The van der Waals surface area contributed by atoms with Gasteiger partial charge in [-0.05, 0) is 24.0 Å². The number of H-pyrrole nitrogens is 1. The minimum atomic E-state index is -0.106. The van der Waals surface area contributed by atoms with E-state index in [1.807, 2.05) is 41.3 Å². The summed E-state index contributed by atoms with van der Waals surface area (Å²) in [5, 5.41) is 7.13. The molecule has 1 aliphatic heterocycles. The zero-order valence-corrected chi connectivity index (χ0v) is 16.3. The van der Waals surface area contributed by atoms with Gasteiger partial charge in [0.25, 0.3) is 5.91 Å². The Balaban J connectivity index is 1.76. The molecule has 0 radical (unpaired) electrons. The second-order valence-corrected chi connectivity index (χ2v) is 7.43. The van der Waals surface area contributed by atoms with Gasteiger partial charge in [-0.2, -0.15) is 5.10 Å². The molecule has 0 aliphatic carbocycles. The van der Waals surface area contributed by atoms with E-state index in [0.717, 1.165) is 17.7 Å². The molecule has 0 saturated carbocycles. The van der Waals surface area contributed by atoms with Crippen molar-refractivity contribution in [2.45, 2.75) is 52.1 Å². The maximum Gasteiger partial charge on any atom is 0.274 e. The van der Waals surface area contributed by atoms with Crippen molar-refractivity contribution >= 4 is 11.8 Å². The highest BCUT2D eigenvalue weighted by molar-refractivity contribution is 5.93. The van der Waals surface area contributed by atoms with E-state index in [4.69, 9.17) is 0 Å². The summed E-state index contributed by atoms with van der Waals surface area (Å²) in [5.41, 5.74) is 2.48. The quantitative estimate of drug-likeness (QED) is 0.881. The first-order chi connectivity index (χ1) is 13.0. The highest BCUT2D eigenvalue weighted by atomic mass is 16.2. The van der Waals surface area contributed by atoms with Gasteiger partial charge in [-0.3, -0.25) is 14.7 Å². The fourth-order valence-corrected chi connectivity index (χ4v) is 3.46. The van der Waals surface area contributed by atoms with Gasteiger partial charge in [0.15, 0.2) is 0 Å². The van der Waals surface area contributed by atoms with Crippen molar-refractivity contribution in [2.75, 3.05) is 13.1 Å². The molecule has 1 aromatic carbocycles. The van der Waals surface area contributed by atoms with Crippen LogP contribution in [0.25, 0.3) is 0 Å². The third-order valence-electron chi connectivity index (χ3n) is 5.18. The van der Waals surface area contributed by atoms with Gasteiger partial charge < -0.3 is 9.80 Å². The van der Waals surface area contributed by atoms with Gasteiger partial charge in [-0.1, -0.05) is 51.1 Å². The average Bonchev–Trinajstić information content (AvgIpc) is 3.12. The largest absolute Gasteiger partial charge is 0.335 e. The smallest absolute Gasteiger partial charge is 0.274 e. The number of nitrogens with one attached hydrogen (secondary N) is 1. The van der Waals surface area contributed by atoms with Crippen LogP contribution in [0.5, 0.6) is 0 Å². The molecule has 1 saturated heterocycles. The summed E-state index contributed by atoms with van der Waals surface area (Å²) < 4.78 is 0. The molecule has 1 unspecified atom stereocenters. The summed E-state index contributed by atoms with van der Waals surface area (Å²) in [5.74, 6) is 0.284. The normalized spacial score (nSPS) is 18.1. The lowest BCUT2D eigenvalue weighted by molar-refractivity contribution is -0.133. The number of hydrogen-bond donors (Lipinski definition) is 1. The van der Waals surface area contributed by atoms with E-state index in [-0.39, 0.29) is 23.8 Å². The molecule has 27 heavy (non-hydrogen) atoms. The van der Waals surface area contributed by atoms with E-state index >= 15 is 0 Å². The van der Waals surface area contributed by atoms with Crippen LogP contribution >= 0.6 is 0 Å². The predicted octanol–water partition coefficient (Wildman–Crippen LogP) is 3.19. The fourth-order valence-electron chi connectivity index (χ4n) is 3.46. The van der Waals surface area contributed by atoms with Crippen LogP contribution in [0.15, 0.2) is 36.4 Å². The zero-order chi connectivity index (χ0) is 19.4. The van der Waals surface area contributed by atoms with Crippen molar-refractivity contribution in [1.29, 1.82) is 0 Å². The molecule has 1 fully saturated rings. The van der Waals surface area contributed by atoms with Crippen LogP contribution in [0.2, 0.25) is 0 Å². The van der Waals surface area contributed by atoms with Crippen LogP contribution in [0.3, 0.4) is 0 Å². The summed E-state index contributed by atoms with van der Waals surface area (Å²) in [6.45, 7) is 7.73. The molecule has 1 aromatic heterocycles. The number of carbonyl (C=O) groups is 2. The van der Waals surface area contributed by atoms with Crippen molar-refractivity contribution < 1.29 is 9.59 Å². The molecular formula is C21H28N4O2. The van der Waals surface area contributed by atoms with Crippen molar-refractivity contribution in [3.63, 3.8) is 0 Å². The third-order valence-corrected chi connectivity index (χ3v) is 5.18. The Morgan fingerprint density at radius 3 is 2.67 bits per heavy atom. The molecular weight excluding hydrogens is 340 g/mol. The van der Waals surface area contributed by atoms with E-state index in [1.54, 1.807) is 4.90 Å². The second-order valence-electron chi connectivity index (χ2n) is 7.43. The van der Waals surface area contributed by atoms with Gasteiger partial charge in [0, 0.05) is 37.8 Å². The molecule has 2 amide bonds. The lowest BCUT2D eigenvalue weighted by Gasteiger charge is -2.31. The van der Waals surface area contributed by atoms with E-state index in [9.17, 15) is 9.59 Å². The summed E-state index contributed by atoms with van der Waals surface area (Å²) in [7, 11) is 0. The Hall–Kier alpha value is -2.63. The number of aromatic nitrogens is 2. The molecule has 2 heterocycles. The summed E-state index contributed by atoms with van der Waals surface area (Å²) in [4.78, 5) is 29.4. The average molecular weight is 368 g/mol. The van der Waals surface area contributed by atoms with Crippen LogP contribution < -0.4 is 0 Å². The SMILES string of the molecule is CCC1CN(C(=O)c2cc(C(C)C)[nH]n2)CCC(=O)N1Cc1ccccc1. The van der Waals surface area contributed by atoms with E-state index in [0.29, 0.717) is 31.7 Å². The van der Waals surface area contributed by atoms with Crippen LogP contribution in [-0.4, -0.2) is 50.9 Å². The monoisotopic (exact) mass is 368 g/mol. The Kier molecular flexibility index (Phi) is 5.94. The van der Waals surface area contributed by atoms with Crippen LogP contribution in [0.4, 0.5) is 0 Å². The van der Waals surface area contributed by atoms with Crippen LogP contribution in [-0.2, 0) is 11.3 Å². The minimum absolute atomic E-state index is 0.00710. The maximum atomic E-state index is 12.9. The maximum absolute atomic E-state index is 12.9. The lowest BCUT2D eigenvalue weighted by atomic mass is 10.1. The molecule has 0 spiro atoms. The highest BCUT2D eigenvalue weighted by Gasteiger charge is 2.31. The zero-order valence-electron chi connectivity index (χ0n) is 16.3. The first-order valence-electron chi connectivity index (χ1n) is 9.67. The number of benzene rings is 1. The van der Waals surface area contributed by atoms with Crippen LogP contribution in [0, 0.1) is 0 Å². The number of carbonyl (C=O) groups excluding carboxylic acids is 2. The Morgan fingerprint density at radius 1 is 1.30 bits per heavy atom. The third kappa shape index (κ3) is 4.38. The van der Waals surface area contributed by atoms with Gasteiger partial charge in [-0.15, -0.1) is 0 Å². The van der Waals surface area contributed by atoms with Crippen molar-refractivity contribution in [3.8, 4) is 0 Å². The summed E-state index contributed by atoms with van der Waals surface area (Å²) in [6.07, 6.45) is 1.15. The molecule has 3 rings (SSSR count). The first kappa shape index (κ1) is 19.1. The number of rotatable bonds is 5. The molecule has 6 heteroatoms. The predicted molar refractivity (Wildman–Crippen MR) is 104 cm³/mol. The van der Waals surface area contributed by atoms with E-state index in [2.05, 4.69) is 31.0 Å². The summed E-state index contributed by atoms with van der Waals surface area (Å²) >= 11 is 0. The lowest BCUT2D eigenvalue weighted by Crippen LogP contribution is -2.43. The van der Waals surface area contributed by atoms with Crippen molar-refractivity contribution in [2.24, 2.45) is 0 Å². The van der Waals surface area contributed by atoms with Gasteiger partial charge in [0.1, 0.15) is 5.69 Å². The molecule has 0 bridgehead atoms. The number of aromatic amines is 1. The molecule has 2 aromatic rings. The molecule has 144 valence electrons. The Morgan fingerprint density at radius 2 is 2.04 bits per heavy atom. The van der Waals surface area contributed by atoms with Gasteiger partial charge in [-0.25, -0.2) is 0 Å². The highest BCUT2D eigenvalue weighted by Crippen LogP contribution is 2.20. The fraction of sp³-hybridized carbons (Fsp3) is 0.476. The van der Waals surface area contributed by atoms with E-state index < -0.39 is 0 Å². The summed E-state index contributed by atoms with van der Waals surface area (Å²) in [6, 6.07) is 11.8. The number of amides is 2. The standard InChI is InChI=1S/C21H28N4O2/c1-4-17-14-24(21(27)19-12-18(15(2)3)22-23-19)11-10-20(26)25(17)13-16-8-6-5-7-9-16/h5-9,12,15,17H,4,10-11,13-14H2,1-3H3,(H,22,23).